The van der Waals surface area contributed by atoms with E-state index in [1.807, 2.05) is 6.20 Å². The summed E-state index contributed by atoms with van der Waals surface area (Å²) in [4.78, 5) is 15.3. The molecule has 3 aliphatic rings. The molecule has 5 nitrogen and oxygen atoms in total. The van der Waals surface area contributed by atoms with Crippen LogP contribution in [0.4, 0.5) is 0 Å². The number of aromatic nitrogens is 1. The highest BCUT2D eigenvalue weighted by molar-refractivity contribution is 5.66. The maximum Gasteiger partial charge on any atom is 0.213 e. The highest BCUT2D eigenvalue weighted by atomic mass is 16.5. The molecule has 0 radical (unpaired) electrons. The minimum atomic E-state index is 0.405. The topological polar surface area (TPSA) is 37.7 Å². The molecule has 1 saturated heterocycles. The Bertz CT molecular complexity index is 887. The third kappa shape index (κ3) is 4.52. The molecule has 2 heterocycles. The number of aryl methyl sites for hydroxylation is 1. The predicted octanol–water partition coefficient (Wildman–Crippen LogP) is 4.97. The van der Waals surface area contributed by atoms with Gasteiger partial charge in [0.15, 0.2) is 0 Å². The molecule has 2 saturated carbocycles. The third-order valence-electron chi connectivity index (χ3n) is 7.21. The zero-order valence-electron chi connectivity index (χ0n) is 19.4. The van der Waals surface area contributed by atoms with E-state index in [1.165, 1.54) is 35.4 Å². The van der Waals surface area contributed by atoms with Crippen LogP contribution in [0.3, 0.4) is 0 Å². The Morgan fingerprint density at radius 1 is 1.16 bits per heavy atom. The number of carbonyl (C=O) groups is 1. The lowest BCUT2D eigenvalue weighted by Gasteiger charge is -2.39. The number of amides is 1. The fraction of sp³-hybridized carbons (Fsp3) is 0.577. The van der Waals surface area contributed by atoms with Gasteiger partial charge in [0.1, 0.15) is 0 Å². The number of ether oxygens (including phenoxy) is 1. The van der Waals surface area contributed by atoms with Crippen LogP contribution in [-0.4, -0.2) is 53.1 Å². The normalized spacial score (nSPS) is 23.8. The van der Waals surface area contributed by atoms with Crippen LogP contribution >= 0.6 is 0 Å². The second-order valence-corrected chi connectivity index (χ2v) is 9.51. The largest absolute Gasteiger partial charge is 0.381 e. The lowest BCUT2D eigenvalue weighted by Crippen LogP contribution is -2.38. The minimum Gasteiger partial charge on any atom is -0.381 e. The van der Waals surface area contributed by atoms with Gasteiger partial charge < -0.3 is 19.1 Å². The Labute approximate surface area is 187 Å². The van der Waals surface area contributed by atoms with E-state index in [0.29, 0.717) is 18.1 Å². The van der Waals surface area contributed by atoms with Gasteiger partial charge in [0.2, 0.25) is 6.41 Å². The molecule has 0 N–H and O–H groups in total. The first-order chi connectivity index (χ1) is 14.9. The van der Waals surface area contributed by atoms with Crippen LogP contribution in [0.2, 0.25) is 0 Å². The number of allylic oxidation sites excluding steroid dienone is 1. The monoisotopic (exact) mass is 423 g/mol. The molecule has 168 valence electrons. The third-order valence-corrected chi connectivity index (χ3v) is 7.21. The zero-order valence-corrected chi connectivity index (χ0v) is 19.4. The van der Waals surface area contributed by atoms with E-state index in [9.17, 15) is 4.79 Å². The molecule has 4 rings (SSSR count). The van der Waals surface area contributed by atoms with Crippen molar-refractivity contribution in [3.05, 3.63) is 53.5 Å². The summed E-state index contributed by atoms with van der Waals surface area (Å²) in [7, 11) is 1.79. The van der Waals surface area contributed by atoms with E-state index in [4.69, 9.17) is 4.74 Å². The van der Waals surface area contributed by atoms with E-state index in [1.54, 1.807) is 11.9 Å². The van der Waals surface area contributed by atoms with Gasteiger partial charge in [-0.05, 0) is 70.4 Å². The van der Waals surface area contributed by atoms with Gasteiger partial charge in [-0.2, -0.15) is 0 Å². The summed E-state index contributed by atoms with van der Waals surface area (Å²) in [5, 5.41) is 0. The van der Waals surface area contributed by atoms with Crippen LogP contribution in [0.25, 0.3) is 5.70 Å². The number of carbonyl (C=O) groups excluding carboxylic acids is 1. The van der Waals surface area contributed by atoms with Gasteiger partial charge in [-0.3, -0.25) is 4.79 Å². The SMILES string of the molecule is C=C1CCC(N(C(=C)c2cc(C)n(C3CCOCC3)c2C)C2CC2)C/C1=C/N(C)C=O. The first kappa shape index (κ1) is 21.9. The van der Waals surface area contributed by atoms with Gasteiger partial charge in [-0.1, -0.05) is 18.7 Å². The number of hydrogen-bond donors (Lipinski definition) is 0. The Hall–Kier alpha value is -2.27. The van der Waals surface area contributed by atoms with Crippen molar-refractivity contribution < 1.29 is 9.53 Å². The van der Waals surface area contributed by atoms with E-state index in [-0.39, 0.29) is 0 Å². The van der Waals surface area contributed by atoms with Crippen molar-refractivity contribution in [3.8, 4) is 0 Å². The van der Waals surface area contributed by atoms with Gasteiger partial charge >= 0.3 is 0 Å². The zero-order chi connectivity index (χ0) is 22.1. The van der Waals surface area contributed by atoms with Gasteiger partial charge in [-0.15, -0.1) is 0 Å². The number of rotatable bonds is 7. The molecule has 1 atom stereocenters. The van der Waals surface area contributed by atoms with Crippen molar-refractivity contribution in [2.45, 2.75) is 76.9 Å². The van der Waals surface area contributed by atoms with E-state index >= 15 is 0 Å². The Morgan fingerprint density at radius 3 is 2.52 bits per heavy atom. The van der Waals surface area contributed by atoms with Crippen LogP contribution in [-0.2, 0) is 9.53 Å². The molecular formula is C26H37N3O2. The molecule has 3 fully saturated rings. The number of nitrogens with zero attached hydrogens (tertiary/aromatic N) is 3. The van der Waals surface area contributed by atoms with Crippen molar-refractivity contribution in [3.63, 3.8) is 0 Å². The predicted molar refractivity (Wildman–Crippen MR) is 126 cm³/mol. The van der Waals surface area contributed by atoms with Crippen LogP contribution in [0.5, 0.6) is 0 Å². The first-order valence-corrected chi connectivity index (χ1v) is 11.7. The molecule has 1 amide bonds. The van der Waals surface area contributed by atoms with Gasteiger partial charge in [0.05, 0.1) is 0 Å². The molecule has 5 heteroatoms. The smallest absolute Gasteiger partial charge is 0.213 e. The molecule has 1 unspecified atom stereocenters. The Balaban J connectivity index is 1.59. The second kappa shape index (κ2) is 9.07. The Morgan fingerprint density at radius 2 is 1.87 bits per heavy atom. The van der Waals surface area contributed by atoms with Crippen molar-refractivity contribution in [2.24, 2.45) is 0 Å². The van der Waals surface area contributed by atoms with E-state index in [0.717, 1.165) is 63.0 Å². The maximum atomic E-state index is 11.1. The summed E-state index contributed by atoms with van der Waals surface area (Å²) < 4.78 is 8.11. The average Bonchev–Trinajstić information content (AvgIpc) is 3.55. The summed E-state index contributed by atoms with van der Waals surface area (Å²) in [5.74, 6) is 0. The fourth-order valence-electron chi connectivity index (χ4n) is 5.46. The van der Waals surface area contributed by atoms with E-state index in [2.05, 4.69) is 42.5 Å². The van der Waals surface area contributed by atoms with E-state index < -0.39 is 0 Å². The average molecular weight is 424 g/mol. The van der Waals surface area contributed by atoms with Crippen LogP contribution in [0.1, 0.15) is 67.9 Å². The molecule has 31 heavy (non-hydrogen) atoms. The molecule has 1 aliphatic heterocycles. The van der Waals surface area contributed by atoms with Gasteiger partial charge in [0, 0.05) is 67.2 Å². The summed E-state index contributed by atoms with van der Waals surface area (Å²) in [6, 6.07) is 3.85. The summed E-state index contributed by atoms with van der Waals surface area (Å²) in [6.45, 7) is 15.1. The van der Waals surface area contributed by atoms with Crippen molar-refractivity contribution in [1.29, 1.82) is 0 Å². The van der Waals surface area contributed by atoms with Gasteiger partial charge in [-0.25, -0.2) is 0 Å². The lowest BCUT2D eigenvalue weighted by atomic mass is 9.86. The molecule has 0 spiro atoms. The van der Waals surface area contributed by atoms with Crippen molar-refractivity contribution in [2.75, 3.05) is 20.3 Å². The highest BCUT2D eigenvalue weighted by Gasteiger charge is 2.38. The molecule has 1 aromatic heterocycles. The molecular weight excluding hydrogens is 386 g/mol. The lowest BCUT2D eigenvalue weighted by molar-refractivity contribution is -0.115. The van der Waals surface area contributed by atoms with Crippen molar-refractivity contribution >= 4 is 12.1 Å². The summed E-state index contributed by atoms with van der Waals surface area (Å²) >= 11 is 0. The minimum absolute atomic E-state index is 0.405. The molecule has 0 bridgehead atoms. The number of hydrogen-bond acceptors (Lipinski definition) is 3. The summed E-state index contributed by atoms with van der Waals surface area (Å²) in [5.41, 5.74) is 7.45. The molecule has 1 aromatic rings. The quantitative estimate of drug-likeness (QED) is 0.581. The molecule has 2 aliphatic carbocycles. The van der Waals surface area contributed by atoms with Crippen LogP contribution in [0.15, 0.2) is 36.6 Å². The van der Waals surface area contributed by atoms with Crippen LogP contribution in [0, 0.1) is 13.8 Å². The highest BCUT2D eigenvalue weighted by Crippen LogP contribution is 2.42. The maximum absolute atomic E-state index is 11.1. The van der Waals surface area contributed by atoms with Crippen LogP contribution < -0.4 is 0 Å². The van der Waals surface area contributed by atoms with Crippen molar-refractivity contribution in [1.82, 2.24) is 14.4 Å². The second-order valence-electron chi connectivity index (χ2n) is 9.51. The molecule has 0 aromatic carbocycles. The summed E-state index contributed by atoms with van der Waals surface area (Å²) in [6.07, 6.45) is 10.4. The first-order valence-electron chi connectivity index (χ1n) is 11.7. The fourth-order valence-corrected chi connectivity index (χ4v) is 5.46. The van der Waals surface area contributed by atoms with Gasteiger partial charge in [0.25, 0.3) is 0 Å². The Kier molecular flexibility index (Phi) is 6.42. The standard InChI is InChI=1S/C26H37N3O2/c1-18-6-7-25(15-22(18)16-27(5)17-30)29(23-8-9-23)21(4)26-14-19(2)28(20(26)3)24-10-12-31-13-11-24/h14,16-17,23-25H,1,4,6-13,15H2,2-3,5H3/b22-16-.